The summed E-state index contributed by atoms with van der Waals surface area (Å²) < 4.78 is 8.88. The van der Waals surface area contributed by atoms with E-state index in [2.05, 4.69) is 0 Å². The first-order chi connectivity index (χ1) is 2.00. The van der Waals surface area contributed by atoms with E-state index in [4.69, 9.17) is 19.2 Å². The molecule has 0 aromatic heterocycles. The van der Waals surface area contributed by atoms with Crippen LogP contribution >= 0.6 is 7.82 Å². The van der Waals surface area contributed by atoms with Crippen LogP contribution in [0.25, 0.3) is 0 Å². The van der Waals surface area contributed by atoms with Crippen LogP contribution < -0.4 is 56.6 Å². The Hall–Kier alpha value is 2.94. The maximum atomic E-state index is 8.88. The Bertz CT molecular complexity index is 76.8. The van der Waals surface area contributed by atoms with Gasteiger partial charge in [0, 0.05) is 34.1 Å². The SMILES string of the molecule is O=P(O)(O)O.[Fe].[H-].[H-].[H-].[Li+].[Li+].[Li+].[Mn]. The maximum absolute atomic E-state index is 8.88. The van der Waals surface area contributed by atoms with Crippen LogP contribution in [0.5, 0.6) is 0 Å². The monoisotopic (exact) mass is 233 g/mol. The fraction of sp³-hybridized carbons (Fsp3) is 0. The molecule has 0 unspecified atom stereocenters. The van der Waals surface area contributed by atoms with E-state index in [1.165, 1.54) is 0 Å². The van der Waals surface area contributed by atoms with Gasteiger partial charge in [-0.15, -0.1) is 0 Å². The molecule has 0 saturated carbocycles. The zero-order chi connectivity index (χ0) is 4.50. The van der Waals surface area contributed by atoms with Crippen molar-refractivity contribution in [3.63, 3.8) is 0 Å². The summed E-state index contributed by atoms with van der Waals surface area (Å²) in [5.41, 5.74) is 0. The zero-order valence-corrected chi connectivity index (χ0v) is 9.11. The van der Waals surface area contributed by atoms with Crippen LogP contribution in [0.15, 0.2) is 0 Å². The van der Waals surface area contributed by atoms with Crippen LogP contribution in [0.1, 0.15) is 4.28 Å². The molecule has 0 saturated heterocycles. The van der Waals surface area contributed by atoms with Gasteiger partial charge in [0.2, 0.25) is 0 Å². The number of phosphoric acid groups is 1. The van der Waals surface area contributed by atoms with Gasteiger partial charge >= 0.3 is 64.4 Å². The van der Waals surface area contributed by atoms with E-state index in [0.29, 0.717) is 0 Å². The fourth-order valence-corrected chi connectivity index (χ4v) is 0. The van der Waals surface area contributed by atoms with Crippen LogP contribution in [-0.2, 0) is 38.7 Å². The average molecular weight is 233 g/mol. The van der Waals surface area contributed by atoms with Gasteiger partial charge in [-0.2, -0.15) is 0 Å². The van der Waals surface area contributed by atoms with Crippen molar-refractivity contribution in [3.8, 4) is 0 Å². The van der Waals surface area contributed by atoms with Crippen LogP contribution in [0.2, 0.25) is 0 Å². The minimum atomic E-state index is -4.64. The Morgan fingerprint density at radius 3 is 1.00 bits per heavy atom. The molecule has 0 bridgehead atoms. The van der Waals surface area contributed by atoms with Crippen molar-refractivity contribution < 1.29 is 114 Å². The number of rotatable bonds is 0. The molecule has 0 aliphatic carbocycles. The minimum Gasteiger partial charge on any atom is -1.00 e. The van der Waals surface area contributed by atoms with Gasteiger partial charge in [-0.25, -0.2) is 4.57 Å². The van der Waals surface area contributed by atoms with Crippen LogP contribution in [0.4, 0.5) is 0 Å². The molecular weight excluding hydrogens is 227 g/mol. The van der Waals surface area contributed by atoms with E-state index in [-0.39, 0.29) is 95.0 Å². The summed E-state index contributed by atoms with van der Waals surface area (Å²) in [5, 5.41) is 0. The molecule has 0 aromatic carbocycles. The van der Waals surface area contributed by atoms with Gasteiger partial charge in [0.05, 0.1) is 0 Å². The molecule has 0 atom stereocenters. The summed E-state index contributed by atoms with van der Waals surface area (Å²) in [7, 11) is -4.64. The van der Waals surface area contributed by atoms with E-state index in [1.54, 1.807) is 0 Å². The van der Waals surface area contributed by atoms with Gasteiger partial charge in [-0.1, -0.05) is 0 Å². The maximum Gasteiger partial charge on any atom is 1.00 e. The first kappa shape index (κ1) is 38.3. The molecule has 3 N–H and O–H groups in total. The third-order valence-electron chi connectivity index (χ3n) is 0. The summed E-state index contributed by atoms with van der Waals surface area (Å²) in [6.45, 7) is 0. The minimum absolute atomic E-state index is 0. The summed E-state index contributed by atoms with van der Waals surface area (Å²) in [6.07, 6.45) is 0. The molecule has 0 spiro atoms. The first-order valence-corrected chi connectivity index (χ1v) is 2.35. The van der Waals surface area contributed by atoms with E-state index in [9.17, 15) is 0 Å². The van der Waals surface area contributed by atoms with Crippen molar-refractivity contribution in [1.29, 1.82) is 0 Å². The normalized spacial score (nSPS) is 5.90. The Morgan fingerprint density at radius 2 is 1.00 bits per heavy atom. The average Bonchev–Trinajstić information content (AvgIpc) is 0.722. The molecule has 0 rings (SSSR count). The predicted octanol–water partition coefficient (Wildman–Crippen LogP) is -9.58. The van der Waals surface area contributed by atoms with Gasteiger partial charge < -0.3 is 19.0 Å². The van der Waals surface area contributed by atoms with Crippen molar-refractivity contribution in [2.45, 2.75) is 0 Å². The second-order valence-electron chi connectivity index (χ2n) is 0.513. The third kappa shape index (κ3) is 125. The number of hydrogen-bond acceptors (Lipinski definition) is 1. The quantitative estimate of drug-likeness (QED) is 0.286. The summed E-state index contributed by atoms with van der Waals surface area (Å²) in [4.78, 5) is 21.6. The van der Waals surface area contributed by atoms with Crippen molar-refractivity contribution in [2.24, 2.45) is 0 Å². The smallest absolute Gasteiger partial charge is 1.00 e. The van der Waals surface area contributed by atoms with Crippen LogP contribution in [-0.4, -0.2) is 14.7 Å². The van der Waals surface area contributed by atoms with Gasteiger partial charge in [-0.3, -0.25) is 0 Å². The molecule has 0 aliphatic heterocycles. The van der Waals surface area contributed by atoms with Gasteiger partial charge in [0.15, 0.2) is 0 Å². The van der Waals surface area contributed by atoms with Gasteiger partial charge in [-0.05, 0) is 0 Å². The molecule has 0 fully saturated rings. The summed E-state index contributed by atoms with van der Waals surface area (Å²) in [6, 6.07) is 0. The van der Waals surface area contributed by atoms with Crippen molar-refractivity contribution in [2.75, 3.05) is 0 Å². The third-order valence-corrected chi connectivity index (χ3v) is 0. The van der Waals surface area contributed by atoms with Crippen molar-refractivity contribution >= 4 is 7.82 Å². The first-order valence-electron chi connectivity index (χ1n) is 0.783. The molecule has 0 aromatic rings. The number of hydrogen-bond donors (Lipinski definition) is 3. The summed E-state index contributed by atoms with van der Waals surface area (Å²) in [5.74, 6) is 0. The molecule has 1 radical (unpaired) electrons. The zero-order valence-electron chi connectivity index (χ0n) is 8.93. The Morgan fingerprint density at radius 1 is 1.00 bits per heavy atom. The Labute approximate surface area is 121 Å². The van der Waals surface area contributed by atoms with Crippen LogP contribution in [0.3, 0.4) is 0 Å². The predicted molar refractivity (Wildman–Crippen MR) is 17.6 cm³/mol. The molecule has 0 amide bonds. The van der Waals surface area contributed by atoms with E-state index in [1.807, 2.05) is 0 Å². The van der Waals surface area contributed by atoms with Gasteiger partial charge in [0.1, 0.15) is 0 Å². The summed E-state index contributed by atoms with van der Waals surface area (Å²) >= 11 is 0. The molecule has 53 valence electrons. The van der Waals surface area contributed by atoms with E-state index in [0.717, 1.165) is 0 Å². The largest absolute Gasteiger partial charge is 1.00 e. The second-order valence-corrected chi connectivity index (χ2v) is 1.54. The van der Waals surface area contributed by atoms with Gasteiger partial charge in [0.25, 0.3) is 0 Å². The van der Waals surface area contributed by atoms with E-state index >= 15 is 0 Å². The molecule has 0 heterocycles. The van der Waals surface area contributed by atoms with Crippen molar-refractivity contribution in [3.05, 3.63) is 0 Å². The van der Waals surface area contributed by atoms with E-state index < -0.39 is 7.82 Å². The second kappa shape index (κ2) is 17.9. The topological polar surface area (TPSA) is 77.8 Å². The van der Waals surface area contributed by atoms with Crippen LogP contribution in [0, 0.1) is 0 Å². The Balaban J connectivity index is -0.00000000286. The molecule has 10 heteroatoms. The van der Waals surface area contributed by atoms with Crippen molar-refractivity contribution in [1.82, 2.24) is 0 Å². The molecular formula is H6FeLi3MnO4P. The fourth-order valence-electron chi connectivity index (χ4n) is 0. The standard InChI is InChI=1S/Fe.3Li.Mn.H3O4P.3H/c;;;;;1-5(2,3)4;;;/h;;;;;(H3,1,2,3,4);;;/q;3*+1;;;3*-1. The Kier molecular flexibility index (Phi) is 68.5. The molecule has 0 aliphatic rings. The molecule has 10 heavy (non-hydrogen) atoms. The molecule has 4 nitrogen and oxygen atoms in total.